The first-order chi connectivity index (χ1) is 7.16. The topological polar surface area (TPSA) is 63.6 Å². The van der Waals surface area contributed by atoms with Gasteiger partial charge in [-0.1, -0.05) is 0 Å². The van der Waals surface area contributed by atoms with Gasteiger partial charge in [0.1, 0.15) is 10.6 Å². The molecule has 16 heavy (non-hydrogen) atoms. The van der Waals surface area contributed by atoms with Gasteiger partial charge in [0.2, 0.25) is 0 Å². The van der Waals surface area contributed by atoms with E-state index in [1.807, 2.05) is 0 Å². The fourth-order valence-electron chi connectivity index (χ4n) is 1.06. The highest BCUT2D eigenvalue weighted by Crippen LogP contribution is 2.34. The molecule has 0 heterocycles. The largest absolute Gasteiger partial charge is 0.495 e. The smallest absolute Gasteiger partial charge is 0.416 e. The van der Waals surface area contributed by atoms with Gasteiger partial charge in [-0.2, -0.15) is 21.6 Å². The van der Waals surface area contributed by atoms with Crippen LogP contribution < -0.4 is 4.74 Å². The summed E-state index contributed by atoms with van der Waals surface area (Å²) in [5.74, 6) is -0.558. The van der Waals surface area contributed by atoms with Crippen LogP contribution in [0.2, 0.25) is 0 Å². The zero-order valence-electron chi connectivity index (χ0n) is 7.95. The Bertz CT molecular complexity index is 492. The first-order valence-corrected chi connectivity index (χ1v) is 5.33. The van der Waals surface area contributed by atoms with E-state index in [0.717, 1.165) is 7.11 Å². The molecule has 0 spiro atoms. The molecule has 0 amide bonds. The minimum atomic E-state index is -4.61. The minimum absolute atomic E-state index is 0.503. The number of halogens is 3. The van der Waals surface area contributed by atoms with Gasteiger partial charge in [-0.15, -0.1) is 0 Å². The van der Waals surface area contributed by atoms with Crippen molar-refractivity contribution in [3.63, 3.8) is 0 Å². The standard InChI is InChI=1S/C8H7F3O4S/c1-15-6-4-5(8(9,10)11)2-3-7(6)16(12,13)14/h2-4H,1H3,(H,12,13,14). The lowest BCUT2D eigenvalue weighted by atomic mass is 10.2. The molecule has 0 bridgehead atoms. The van der Waals surface area contributed by atoms with E-state index in [9.17, 15) is 21.6 Å². The number of hydrogen-bond acceptors (Lipinski definition) is 3. The number of rotatable bonds is 2. The summed E-state index contributed by atoms with van der Waals surface area (Å²) in [6.07, 6.45) is -4.61. The first-order valence-electron chi connectivity index (χ1n) is 3.89. The van der Waals surface area contributed by atoms with Gasteiger partial charge < -0.3 is 4.74 Å². The van der Waals surface area contributed by atoms with Gasteiger partial charge in [-0.25, -0.2) is 0 Å². The third kappa shape index (κ3) is 2.64. The highest BCUT2D eigenvalue weighted by molar-refractivity contribution is 7.86. The van der Waals surface area contributed by atoms with Crippen LogP contribution in [0.5, 0.6) is 5.75 Å². The molecular weight excluding hydrogens is 249 g/mol. The normalized spacial score (nSPS) is 12.6. The fourth-order valence-corrected chi connectivity index (χ4v) is 1.69. The minimum Gasteiger partial charge on any atom is -0.495 e. The van der Waals surface area contributed by atoms with Gasteiger partial charge in [0, 0.05) is 0 Å². The Labute approximate surface area is 89.4 Å². The zero-order valence-corrected chi connectivity index (χ0v) is 8.76. The summed E-state index contributed by atoms with van der Waals surface area (Å²) < 4.78 is 71.5. The van der Waals surface area contributed by atoms with Crippen molar-refractivity contribution in [2.45, 2.75) is 11.1 Å². The van der Waals surface area contributed by atoms with E-state index in [1.165, 1.54) is 0 Å². The second-order valence-corrected chi connectivity index (χ2v) is 4.23. The molecular formula is C8H7F3O4S. The summed E-state index contributed by atoms with van der Waals surface area (Å²) >= 11 is 0. The van der Waals surface area contributed by atoms with Gasteiger partial charge in [-0.3, -0.25) is 4.55 Å². The number of benzene rings is 1. The Balaban J connectivity index is 3.40. The first kappa shape index (κ1) is 12.8. The van der Waals surface area contributed by atoms with Gasteiger partial charge in [0.15, 0.2) is 0 Å². The number of methoxy groups -OCH3 is 1. The lowest BCUT2D eigenvalue weighted by Gasteiger charge is -2.10. The second-order valence-electron chi connectivity index (χ2n) is 2.84. The molecule has 0 aliphatic carbocycles. The molecule has 0 unspecified atom stereocenters. The average molecular weight is 256 g/mol. The van der Waals surface area contributed by atoms with Crippen molar-refractivity contribution in [3.05, 3.63) is 23.8 Å². The summed E-state index contributed by atoms with van der Waals surface area (Å²) in [7, 11) is -3.60. The van der Waals surface area contributed by atoms with Gasteiger partial charge in [0.05, 0.1) is 12.7 Å². The van der Waals surface area contributed by atoms with Crippen molar-refractivity contribution in [2.24, 2.45) is 0 Å². The molecule has 0 aliphatic rings. The molecule has 0 saturated carbocycles. The molecule has 1 rings (SSSR count). The maximum Gasteiger partial charge on any atom is 0.416 e. The Hall–Kier alpha value is -1.28. The highest BCUT2D eigenvalue weighted by atomic mass is 32.2. The predicted molar refractivity (Wildman–Crippen MR) is 47.8 cm³/mol. The third-order valence-corrected chi connectivity index (χ3v) is 2.66. The Kier molecular flexibility index (Phi) is 3.15. The van der Waals surface area contributed by atoms with Crippen LogP contribution in [0.25, 0.3) is 0 Å². The van der Waals surface area contributed by atoms with Crippen LogP contribution in [-0.4, -0.2) is 20.1 Å². The Morgan fingerprint density at radius 3 is 2.25 bits per heavy atom. The highest BCUT2D eigenvalue weighted by Gasteiger charge is 2.32. The van der Waals surface area contributed by atoms with Gasteiger partial charge >= 0.3 is 6.18 Å². The van der Waals surface area contributed by atoms with Crippen molar-refractivity contribution in [2.75, 3.05) is 7.11 Å². The van der Waals surface area contributed by atoms with Crippen LogP contribution in [0.4, 0.5) is 13.2 Å². The van der Waals surface area contributed by atoms with Gasteiger partial charge in [-0.05, 0) is 18.2 Å². The number of ether oxygens (including phenoxy) is 1. The van der Waals surface area contributed by atoms with Gasteiger partial charge in [0.25, 0.3) is 10.1 Å². The predicted octanol–water partition coefficient (Wildman–Crippen LogP) is 1.96. The molecule has 0 radical (unpaired) electrons. The fraction of sp³-hybridized carbons (Fsp3) is 0.250. The van der Waals surface area contributed by atoms with E-state index < -0.39 is 32.5 Å². The van der Waals surface area contributed by atoms with Crippen LogP contribution in [0, 0.1) is 0 Å². The van der Waals surface area contributed by atoms with E-state index >= 15 is 0 Å². The molecule has 1 aromatic carbocycles. The van der Waals surface area contributed by atoms with Crippen molar-refractivity contribution < 1.29 is 30.9 Å². The van der Waals surface area contributed by atoms with Crippen LogP contribution >= 0.6 is 0 Å². The molecule has 90 valence electrons. The lowest BCUT2D eigenvalue weighted by Crippen LogP contribution is -2.08. The molecule has 0 saturated heterocycles. The second kappa shape index (κ2) is 3.95. The molecule has 4 nitrogen and oxygen atoms in total. The Morgan fingerprint density at radius 1 is 1.31 bits per heavy atom. The van der Waals surface area contributed by atoms with E-state index in [1.54, 1.807) is 0 Å². The molecule has 0 atom stereocenters. The van der Waals surface area contributed by atoms with E-state index in [-0.39, 0.29) is 0 Å². The monoisotopic (exact) mass is 256 g/mol. The number of hydrogen-bond donors (Lipinski definition) is 1. The van der Waals surface area contributed by atoms with E-state index in [2.05, 4.69) is 4.74 Å². The van der Waals surface area contributed by atoms with Crippen LogP contribution in [0.1, 0.15) is 5.56 Å². The molecule has 0 fully saturated rings. The van der Waals surface area contributed by atoms with E-state index in [4.69, 9.17) is 4.55 Å². The molecule has 1 N–H and O–H groups in total. The quantitative estimate of drug-likeness (QED) is 0.821. The lowest BCUT2D eigenvalue weighted by molar-refractivity contribution is -0.137. The van der Waals surface area contributed by atoms with E-state index in [0.29, 0.717) is 18.2 Å². The number of alkyl halides is 3. The van der Waals surface area contributed by atoms with Crippen molar-refractivity contribution in [3.8, 4) is 5.75 Å². The van der Waals surface area contributed by atoms with Crippen LogP contribution in [0.15, 0.2) is 23.1 Å². The maximum atomic E-state index is 12.3. The maximum absolute atomic E-state index is 12.3. The zero-order chi connectivity index (χ0) is 12.6. The third-order valence-electron chi connectivity index (χ3n) is 1.77. The molecule has 0 aromatic heterocycles. The molecule has 0 aliphatic heterocycles. The molecule has 8 heteroatoms. The Morgan fingerprint density at radius 2 is 1.88 bits per heavy atom. The summed E-state index contributed by atoms with van der Waals surface area (Å²) in [6, 6.07) is 1.69. The summed E-state index contributed by atoms with van der Waals surface area (Å²) in [6.45, 7) is 0. The SMILES string of the molecule is COc1cc(C(F)(F)F)ccc1S(=O)(=O)O. The summed E-state index contributed by atoms with van der Waals surface area (Å²) in [5, 5.41) is 0. The van der Waals surface area contributed by atoms with Crippen molar-refractivity contribution in [1.29, 1.82) is 0 Å². The summed E-state index contributed by atoms with van der Waals surface area (Å²) in [4.78, 5) is -0.706. The van der Waals surface area contributed by atoms with Crippen LogP contribution in [-0.2, 0) is 16.3 Å². The summed E-state index contributed by atoms with van der Waals surface area (Å²) in [5.41, 5.74) is -1.06. The molecule has 1 aromatic rings. The van der Waals surface area contributed by atoms with Crippen LogP contribution in [0.3, 0.4) is 0 Å². The van der Waals surface area contributed by atoms with Crippen molar-refractivity contribution >= 4 is 10.1 Å². The average Bonchev–Trinajstić information content (AvgIpc) is 2.14. The van der Waals surface area contributed by atoms with Crippen molar-refractivity contribution in [1.82, 2.24) is 0 Å².